The van der Waals surface area contributed by atoms with Crippen LogP contribution in [0.4, 0.5) is 24.0 Å². The van der Waals surface area contributed by atoms with Crippen molar-refractivity contribution in [3.8, 4) is 11.1 Å². The third-order valence-corrected chi connectivity index (χ3v) is 3.82. The fourth-order valence-electron chi connectivity index (χ4n) is 1.83. The number of nitrogens with zero attached hydrogens (tertiary/aromatic N) is 2. The molecule has 0 saturated heterocycles. The molecule has 108 valence electrons. The second kappa shape index (κ2) is 5.70. The predicted molar refractivity (Wildman–Crippen MR) is 75.9 cm³/mol. The minimum atomic E-state index is -4.17. The molecule has 2 rings (SSSR count). The Morgan fingerprint density at radius 2 is 1.90 bits per heavy atom. The smallest absolute Gasteiger partial charge is 0.382 e. The van der Waals surface area contributed by atoms with Crippen LogP contribution in [0.5, 0.6) is 0 Å². The first kappa shape index (κ1) is 14.6. The fraction of sp³-hybridized carbons (Fsp3) is 0.308. The summed E-state index contributed by atoms with van der Waals surface area (Å²) in [5.74, 6) is 0.343. The molecule has 1 aromatic heterocycles. The maximum atomic E-state index is 12.3. The van der Waals surface area contributed by atoms with E-state index >= 15 is 0 Å². The zero-order valence-electron chi connectivity index (χ0n) is 10.8. The molecular formula is C13H14F3N3S. The van der Waals surface area contributed by atoms with E-state index in [1.165, 1.54) is 0 Å². The molecule has 3 nitrogen and oxygen atoms in total. The van der Waals surface area contributed by atoms with Crippen LogP contribution in [0.1, 0.15) is 6.42 Å². The van der Waals surface area contributed by atoms with E-state index in [9.17, 15) is 13.2 Å². The van der Waals surface area contributed by atoms with E-state index in [2.05, 4.69) is 4.37 Å². The van der Waals surface area contributed by atoms with E-state index in [0.717, 1.165) is 17.1 Å². The van der Waals surface area contributed by atoms with Gasteiger partial charge in [-0.25, -0.2) is 0 Å². The largest absolute Gasteiger partial charge is 0.390 e. The van der Waals surface area contributed by atoms with Gasteiger partial charge in [0.15, 0.2) is 0 Å². The predicted octanol–water partition coefficient (Wildman–Crippen LogP) is 3.78. The summed E-state index contributed by atoms with van der Waals surface area (Å²) in [5, 5.41) is 0.651. The molecule has 0 radical (unpaired) electrons. The van der Waals surface area contributed by atoms with Gasteiger partial charge in [0.2, 0.25) is 0 Å². The number of hydrogen-bond donors (Lipinski definition) is 1. The number of benzene rings is 1. The van der Waals surface area contributed by atoms with Gasteiger partial charge in [-0.15, -0.1) is 0 Å². The molecule has 0 atom stereocenters. The van der Waals surface area contributed by atoms with Gasteiger partial charge in [0.05, 0.1) is 12.0 Å². The Kier molecular flexibility index (Phi) is 4.17. The number of rotatable bonds is 4. The topological polar surface area (TPSA) is 42.2 Å². The SMILES string of the molecule is CN(CCC(F)(F)F)c1snc(N)c1-c1ccccc1. The monoisotopic (exact) mass is 301 g/mol. The van der Waals surface area contributed by atoms with E-state index < -0.39 is 12.6 Å². The molecule has 1 aromatic carbocycles. The van der Waals surface area contributed by atoms with Gasteiger partial charge in [0, 0.05) is 13.6 Å². The van der Waals surface area contributed by atoms with Crippen LogP contribution in [0, 0.1) is 0 Å². The summed E-state index contributed by atoms with van der Waals surface area (Å²) >= 11 is 1.11. The van der Waals surface area contributed by atoms with Gasteiger partial charge in [0.1, 0.15) is 10.8 Å². The Bertz CT molecular complexity index is 566. The standard InChI is InChI=1S/C13H14F3N3S/c1-19(8-7-13(14,15)16)12-10(11(17)18-20-12)9-5-3-2-4-6-9/h2-6H,7-8H2,1H3,(H2,17,18). The minimum absolute atomic E-state index is 0.120. The van der Waals surface area contributed by atoms with E-state index in [-0.39, 0.29) is 6.54 Å². The van der Waals surface area contributed by atoms with Crippen LogP contribution in [-0.4, -0.2) is 24.1 Å². The Balaban J connectivity index is 2.25. The van der Waals surface area contributed by atoms with Crippen LogP contribution in [0.15, 0.2) is 30.3 Å². The Morgan fingerprint density at radius 3 is 2.50 bits per heavy atom. The third kappa shape index (κ3) is 3.41. The van der Waals surface area contributed by atoms with Crippen molar-refractivity contribution in [2.75, 3.05) is 24.2 Å². The number of hydrogen-bond acceptors (Lipinski definition) is 4. The van der Waals surface area contributed by atoms with Crippen LogP contribution < -0.4 is 10.6 Å². The molecule has 0 unspecified atom stereocenters. The molecule has 0 saturated carbocycles. The zero-order valence-corrected chi connectivity index (χ0v) is 11.6. The van der Waals surface area contributed by atoms with E-state index in [4.69, 9.17) is 5.73 Å². The lowest BCUT2D eigenvalue weighted by Gasteiger charge is -2.19. The van der Waals surface area contributed by atoms with Crippen LogP contribution >= 0.6 is 11.5 Å². The molecule has 0 aliphatic rings. The highest BCUT2D eigenvalue weighted by Gasteiger charge is 2.28. The van der Waals surface area contributed by atoms with Gasteiger partial charge in [-0.2, -0.15) is 17.5 Å². The molecule has 0 spiro atoms. The van der Waals surface area contributed by atoms with Crippen molar-refractivity contribution in [3.05, 3.63) is 30.3 Å². The zero-order chi connectivity index (χ0) is 14.8. The lowest BCUT2D eigenvalue weighted by atomic mass is 10.1. The summed E-state index contributed by atoms with van der Waals surface area (Å²) in [6, 6.07) is 9.30. The molecule has 0 aliphatic carbocycles. The Hall–Kier alpha value is -1.76. The number of aromatic nitrogens is 1. The maximum absolute atomic E-state index is 12.3. The van der Waals surface area contributed by atoms with Gasteiger partial charge in [0.25, 0.3) is 0 Å². The van der Waals surface area contributed by atoms with E-state index in [1.807, 2.05) is 30.3 Å². The molecule has 0 amide bonds. The molecule has 0 aliphatic heterocycles. The summed E-state index contributed by atoms with van der Waals surface area (Å²) < 4.78 is 40.9. The van der Waals surface area contributed by atoms with Crippen molar-refractivity contribution < 1.29 is 13.2 Å². The summed E-state index contributed by atoms with van der Waals surface area (Å²) in [5.41, 5.74) is 7.39. The highest BCUT2D eigenvalue weighted by Crippen LogP contribution is 2.39. The number of nitrogens with two attached hydrogens (primary N) is 1. The van der Waals surface area contributed by atoms with Gasteiger partial charge >= 0.3 is 6.18 Å². The van der Waals surface area contributed by atoms with E-state index in [1.54, 1.807) is 11.9 Å². The Labute approximate surface area is 119 Å². The maximum Gasteiger partial charge on any atom is 0.390 e. The number of nitrogen functional groups attached to an aromatic ring is 1. The van der Waals surface area contributed by atoms with Gasteiger partial charge < -0.3 is 10.6 Å². The molecule has 0 fully saturated rings. The van der Waals surface area contributed by atoms with Crippen molar-refractivity contribution in [2.24, 2.45) is 0 Å². The van der Waals surface area contributed by atoms with Crippen LogP contribution in [0.3, 0.4) is 0 Å². The first-order valence-electron chi connectivity index (χ1n) is 5.97. The number of halogens is 3. The van der Waals surface area contributed by atoms with Crippen molar-refractivity contribution in [1.82, 2.24) is 4.37 Å². The number of anilines is 2. The average molecular weight is 301 g/mol. The van der Waals surface area contributed by atoms with Crippen molar-refractivity contribution >= 4 is 22.4 Å². The Morgan fingerprint density at radius 1 is 1.25 bits per heavy atom. The van der Waals surface area contributed by atoms with Crippen molar-refractivity contribution in [2.45, 2.75) is 12.6 Å². The molecule has 20 heavy (non-hydrogen) atoms. The second-order valence-electron chi connectivity index (χ2n) is 4.40. The van der Waals surface area contributed by atoms with Crippen LogP contribution in [-0.2, 0) is 0 Å². The van der Waals surface area contributed by atoms with Crippen molar-refractivity contribution in [1.29, 1.82) is 0 Å². The van der Waals surface area contributed by atoms with E-state index in [0.29, 0.717) is 16.4 Å². The van der Waals surface area contributed by atoms with Gasteiger partial charge in [-0.3, -0.25) is 0 Å². The van der Waals surface area contributed by atoms with Gasteiger partial charge in [-0.1, -0.05) is 30.3 Å². The molecule has 7 heteroatoms. The average Bonchev–Trinajstić information content (AvgIpc) is 2.78. The third-order valence-electron chi connectivity index (χ3n) is 2.84. The summed E-state index contributed by atoms with van der Waals surface area (Å²) in [6.07, 6.45) is -5.03. The highest BCUT2D eigenvalue weighted by molar-refractivity contribution is 7.11. The highest BCUT2D eigenvalue weighted by atomic mass is 32.1. The lowest BCUT2D eigenvalue weighted by Crippen LogP contribution is -2.23. The normalized spacial score (nSPS) is 11.6. The quantitative estimate of drug-likeness (QED) is 0.934. The minimum Gasteiger partial charge on any atom is -0.382 e. The first-order valence-corrected chi connectivity index (χ1v) is 6.74. The van der Waals surface area contributed by atoms with Gasteiger partial charge in [-0.05, 0) is 17.1 Å². The molecule has 0 bridgehead atoms. The van der Waals surface area contributed by atoms with Crippen molar-refractivity contribution in [3.63, 3.8) is 0 Å². The van der Waals surface area contributed by atoms with Crippen LogP contribution in [0.25, 0.3) is 11.1 Å². The summed E-state index contributed by atoms with van der Waals surface area (Å²) in [4.78, 5) is 1.55. The lowest BCUT2D eigenvalue weighted by molar-refractivity contribution is -0.132. The summed E-state index contributed by atoms with van der Waals surface area (Å²) in [7, 11) is 1.62. The summed E-state index contributed by atoms with van der Waals surface area (Å²) in [6.45, 7) is -0.120. The number of alkyl halides is 3. The molecule has 2 N–H and O–H groups in total. The second-order valence-corrected chi connectivity index (χ2v) is 5.15. The molecule has 1 heterocycles. The molecular weight excluding hydrogens is 287 g/mol. The molecule has 2 aromatic rings. The van der Waals surface area contributed by atoms with Crippen LogP contribution in [0.2, 0.25) is 0 Å². The first-order chi connectivity index (χ1) is 9.38. The fourth-order valence-corrected chi connectivity index (χ4v) is 2.65.